The number of aryl methyl sites for hydroxylation is 2. The fourth-order valence-corrected chi connectivity index (χ4v) is 2.82. The molecule has 22 heavy (non-hydrogen) atoms. The van der Waals surface area contributed by atoms with E-state index in [2.05, 4.69) is 25.3 Å². The number of nitrogens with one attached hydrogen (secondary N) is 2. The van der Waals surface area contributed by atoms with Crippen molar-refractivity contribution in [2.75, 3.05) is 5.32 Å². The molecule has 0 bridgehead atoms. The van der Waals surface area contributed by atoms with Crippen molar-refractivity contribution < 1.29 is 4.92 Å². The van der Waals surface area contributed by atoms with E-state index in [1.54, 1.807) is 20.0 Å². The normalized spacial score (nSPS) is 15.2. The summed E-state index contributed by atoms with van der Waals surface area (Å²) < 4.78 is 0. The van der Waals surface area contributed by atoms with Crippen LogP contribution >= 0.6 is 0 Å². The monoisotopic (exact) mass is 302 g/mol. The number of anilines is 1. The van der Waals surface area contributed by atoms with Gasteiger partial charge in [0.1, 0.15) is 17.2 Å². The molecule has 0 aliphatic heterocycles. The highest BCUT2D eigenvalue weighted by Crippen LogP contribution is 2.31. The van der Waals surface area contributed by atoms with Crippen LogP contribution in [0.3, 0.4) is 0 Å². The van der Waals surface area contributed by atoms with Gasteiger partial charge in [-0.25, -0.2) is 15.0 Å². The number of hydrogen-bond acceptors (Lipinski definition) is 6. The Morgan fingerprint density at radius 3 is 2.59 bits per heavy atom. The van der Waals surface area contributed by atoms with Gasteiger partial charge in [0, 0.05) is 12.2 Å². The van der Waals surface area contributed by atoms with Crippen molar-refractivity contribution in [1.29, 1.82) is 0 Å². The SMILES string of the molecule is Cc1nc(-c2nc(NC3CCCC3)nc(C)c2[N+](=O)[O-])c[nH]1. The van der Waals surface area contributed by atoms with Gasteiger partial charge in [-0.1, -0.05) is 12.8 Å². The number of rotatable bonds is 4. The van der Waals surface area contributed by atoms with Crippen LogP contribution in [0.1, 0.15) is 37.2 Å². The molecule has 0 unspecified atom stereocenters. The smallest absolute Gasteiger partial charge is 0.318 e. The molecular formula is C14H18N6O2. The second-order valence-corrected chi connectivity index (χ2v) is 5.58. The van der Waals surface area contributed by atoms with Gasteiger partial charge >= 0.3 is 5.69 Å². The lowest BCUT2D eigenvalue weighted by molar-refractivity contribution is -0.385. The van der Waals surface area contributed by atoms with E-state index in [0.717, 1.165) is 12.8 Å². The highest BCUT2D eigenvalue weighted by atomic mass is 16.6. The van der Waals surface area contributed by atoms with Crippen LogP contribution < -0.4 is 5.32 Å². The van der Waals surface area contributed by atoms with Crippen LogP contribution in [0.5, 0.6) is 0 Å². The fraction of sp³-hybridized carbons (Fsp3) is 0.500. The second kappa shape index (κ2) is 5.70. The quantitative estimate of drug-likeness (QED) is 0.663. The van der Waals surface area contributed by atoms with Gasteiger partial charge in [-0.3, -0.25) is 10.1 Å². The fourth-order valence-electron chi connectivity index (χ4n) is 2.82. The Morgan fingerprint density at radius 1 is 1.27 bits per heavy atom. The summed E-state index contributed by atoms with van der Waals surface area (Å²) in [5, 5.41) is 14.6. The summed E-state index contributed by atoms with van der Waals surface area (Å²) in [6, 6.07) is 0.342. The lowest BCUT2D eigenvalue weighted by atomic mass is 10.2. The molecule has 1 saturated carbocycles. The third-order valence-electron chi connectivity index (χ3n) is 3.88. The Balaban J connectivity index is 2.03. The number of nitro groups is 1. The van der Waals surface area contributed by atoms with Gasteiger partial charge in [0.15, 0.2) is 5.69 Å². The molecule has 0 spiro atoms. The Labute approximate surface area is 127 Å². The molecule has 1 fully saturated rings. The number of imidazole rings is 1. The van der Waals surface area contributed by atoms with Crippen LogP contribution in [-0.4, -0.2) is 30.9 Å². The van der Waals surface area contributed by atoms with E-state index in [4.69, 9.17) is 0 Å². The average molecular weight is 302 g/mol. The summed E-state index contributed by atoms with van der Waals surface area (Å²) in [4.78, 5) is 26.7. The second-order valence-electron chi connectivity index (χ2n) is 5.58. The summed E-state index contributed by atoms with van der Waals surface area (Å²) in [6.45, 7) is 3.42. The maximum absolute atomic E-state index is 11.3. The third kappa shape index (κ3) is 2.76. The van der Waals surface area contributed by atoms with Crippen LogP contribution in [-0.2, 0) is 0 Å². The Morgan fingerprint density at radius 2 is 2.00 bits per heavy atom. The molecule has 3 rings (SSSR count). The molecular weight excluding hydrogens is 284 g/mol. The van der Waals surface area contributed by atoms with Gasteiger partial charge < -0.3 is 10.3 Å². The standard InChI is InChI=1S/C14H18N6O2/c1-8-13(20(21)22)12(11-7-15-9(2)17-11)19-14(16-8)18-10-5-3-4-6-10/h7,10H,3-6H2,1-2H3,(H,15,17)(H,16,18,19). The maximum atomic E-state index is 11.3. The Kier molecular flexibility index (Phi) is 3.74. The summed E-state index contributed by atoms with van der Waals surface area (Å²) in [7, 11) is 0. The highest BCUT2D eigenvalue weighted by molar-refractivity contribution is 5.68. The minimum atomic E-state index is -0.450. The molecule has 0 amide bonds. The minimum absolute atomic E-state index is 0.0940. The Hall–Kier alpha value is -2.51. The van der Waals surface area contributed by atoms with Gasteiger partial charge in [-0.15, -0.1) is 0 Å². The zero-order valence-corrected chi connectivity index (χ0v) is 12.6. The summed E-state index contributed by atoms with van der Waals surface area (Å²) >= 11 is 0. The van der Waals surface area contributed by atoms with Gasteiger partial charge in [-0.05, 0) is 26.7 Å². The molecule has 0 atom stereocenters. The summed E-state index contributed by atoms with van der Waals surface area (Å²) in [5.74, 6) is 1.12. The molecule has 0 saturated heterocycles. The van der Waals surface area contributed by atoms with E-state index in [-0.39, 0.29) is 11.4 Å². The van der Waals surface area contributed by atoms with Gasteiger partial charge in [-0.2, -0.15) is 0 Å². The molecule has 1 aliphatic carbocycles. The van der Waals surface area contributed by atoms with E-state index in [0.29, 0.717) is 29.2 Å². The van der Waals surface area contributed by atoms with Crippen LogP contribution in [0, 0.1) is 24.0 Å². The first kappa shape index (κ1) is 14.4. The van der Waals surface area contributed by atoms with Crippen molar-refractivity contribution in [3.8, 4) is 11.4 Å². The number of aromatic nitrogens is 4. The van der Waals surface area contributed by atoms with Crippen molar-refractivity contribution in [1.82, 2.24) is 19.9 Å². The van der Waals surface area contributed by atoms with Gasteiger partial charge in [0.05, 0.1) is 4.92 Å². The molecule has 116 valence electrons. The minimum Gasteiger partial charge on any atom is -0.351 e. The lowest BCUT2D eigenvalue weighted by Crippen LogP contribution is -2.17. The van der Waals surface area contributed by atoms with Gasteiger partial charge in [0.2, 0.25) is 5.95 Å². The molecule has 0 radical (unpaired) electrons. The van der Waals surface area contributed by atoms with Crippen molar-refractivity contribution in [2.45, 2.75) is 45.6 Å². The number of H-pyrrole nitrogens is 1. The molecule has 0 aromatic carbocycles. The van der Waals surface area contributed by atoms with E-state index >= 15 is 0 Å². The predicted molar refractivity (Wildman–Crippen MR) is 81.6 cm³/mol. The molecule has 8 nitrogen and oxygen atoms in total. The zero-order chi connectivity index (χ0) is 15.7. The number of hydrogen-bond donors (Lipinski definition) is 2. The molecule has 2 aromatic rings. The topological polar surface area (TPSA) is 110 Å². The van der Waals surface area contributed by atoms with Crippen LogP contribution in [0.15, 0.2) is 6.20 Å². The van der Waals surface area contributed by atoms with Crippen molar-refractivity contribution in [3.05, 3.63) is 27.8 Å². The third-order valence-corrected chi connectivity index (χ3v) is 3.88. The average Bonchev–Trinajstić information content (AvgIpc) is 3.09. The van der Waals surface area contributed by atoms with Crippen LogP contribution in [0.4, 0.5) is 11.6 Å². The highest BCUT2D eigenvalue weighted by Gasteiger charge is 2.26. The maximum Gasteiger partial charge on any atom is 0.318 e. The van der Waals surface area contributed by atoms with Gasteiger partial charge in [0.25, 0.3) is 0 Å². The molecule has 2 aromatic heterocycles. The lowest BCUT2D eigenvalue weighted by Gasteiger charge is -2.13. The Bertz CT molecular complexity index is 705. The van der Waals surface area contributed by atoms with Crippen molar-refractivity contribution >= 4 is 11.6 Å². The molecule has 1 aliphatic rings. The number of nitrogens with zero attached hydrogens (tertiary/aromatic N) is 4. The molecule has 8 heteroatoms. The predicted octanol–water partition coefficient (Wildman–Crippen LogP) is 2.75. The first-order valence-corrected chi connectivity index (χ1v) is 7.36. The van der Waals surface area contributed by atoms with Crippen LogP contribution in [0.2, 0.25) is 0 Å². The number of aromatic amines is 1. The summed E-state index contributed by atoms with van der Waals surface area (Å²) in [5.41, 5.74) is 0.964. The largest absolute Gasteiger partial charge is 0.351 e. The van der Waals surface area contributed by atoms with Crippen LogP contribution in [0.25, 0.3) is 11.4 Å². The summed E-state index contributed by atoms with van der Waals surface area (Å²) in [6.07, 6.45) is 6.17. The van der Waals surface area contributed by atoms with Crippen molar-refractivity contribution in [2.24, 2.45) is 0 Å². The first-order valence-electron chi connectivity index (χ1n) is 7.36. The molecule has 2 N–H and O–H groups in total. The zero-order valence-electron chi connectivity index (χ0n) is 12.6. The van der Waals surface area contributed by atoms with Crippen molar-refractivity contribution in [3.63, 3.8) is 0 Å². The van der Waals surface area contributed by atoms with E-state index < -0.39 is 4.92 Å². The first-order chi connectivity index (χ1) is 10.5. The molecule has 2 heterocycles. The van der Waals surface area contributed by atoms with E-state index in [1.807, 2.05) is 0 Å². The van der Waals surface area contributed by atoms with E-state index in [1.165, 1.54) is 12.8 Å². The van der Waals surface area contributed by atoms with E-state index in [9.17, 15) is 10.1 Å².